The number of carbonyl (C=O) groups is 8. The number of fused-ring (bicyclic) bond motifs is 6. The minimum Gasteiger partial charge on any atom is -0.456 e. The van der Waals surface area contributed by atoms with Crippen molar-refractivity contribution in [2.75, 3.05) is 55.7 Å². The number of amides is 2. The van der Waals surface area contributed by atoms with Crippen molar-refractivity contribution in [3.63, 3.8) is 0 Å². The Labute approximate surface area is 644 Å². The Balaban J connectivity index is 0.000000301. The third kappa shape index (κ3) is 21.9. The highest BCUT2D eigenvalue weighted by Gasteiger charge is 2.59. The van der Waals surface area contributed by atoms with Crippen molar-refractivity contribution in [1.29, 1.82) is 0 Å². The van der Waals surface area contributed by atoms with Crippen molar-refractivity contribution in [3.05, 3.63) is 46.6 Å². The van der Waals surface area contributed by atoms with Gasteiger partial charge in [0.15, 0.2) is 0 Å². The first kappa shape index (κ1) is 90.3. The summed E-state index contributed by atoms with van der Waals surface area (Å²) in [6, 6.07) is -2.09. The summed E-state index contributed by atoms with van der Waals surface area (Å²) < 4.78 is 60.0. The van der Waals surface area contributed by atoms with Crippen molar-refractivity contribution in [1.82, 2.24) is 9.80 Å². The average Bonchev–Trinajstić information content (AvgIpc) is 0.917. The maximum absolute atomic E-state index is 14.2. The van der Waals surface area contributed by atoms with E-state index in [9.17, 15) is 53.7 Å². The highest BCUT2D eigenvalue weighted by Crippen LogP contribution is 2.43. The lowest BCUT2D eigenvalue weighted by Gasteiger charge is -2.46. The van der Waals surface area contributed by atoms with Gasteiger partial charge in [0.2, 0.25) is 11.6 Å². The molecule has 6 aliphatic heterocycles. The number of rotatable bonds is 10. The lowest BCUT2D eigenvalue weighted by Crippen LogP contribution is -2.63. The zero-order valence-electron chi connectivity index (χ0n) is 69.0. The molecule has 108 heavy (non-hydrogen) atoms. The van der Waals surface area contributed by atoms with Crippen molar-refractivity contribution in [2.24, 2.45) is 76.9 Å². The molecular formula is C85H136N2O21. The van der Waals surface area contributed by atoms with Gasteiger partial charge in [-0.15, -0.1) is 0 Å². The van der Waals surface area contributed by atoms with Crippen LogP contribution in [0.2, 0.25) is 0 Å². The van der Waals surface area contributed by atoms with Gasteiger partial charge in [0.05, 0.1) is 42.7 Å². The van der Waals surface area contributed by atoms with Crippen molar-refractivity contribution >= 4 is 46.9 Å². The number of carbonyl (C=O) groups excluding carboxylic acids is 8. The van der Waals surface area contributed by atoms with Crippen LogP contribution in [0.15, 0.2) is 46.6 Å². The van der Waals surface area contributed by atoms with Crippen LogP contribution in [0, 0.1) is 76.9 Å². The summed E-state index contributed by atoms with van der Waals surface area (Å²) in [5.74, 6) is -12.4. The maximum atomic E-state index is 14.2. The number of methoxy groups -OCH3 is 6. The van der Waals surface area contributed by atoms with Crippen LogP contribution in [0.3, 0.4) is 0 Å². The van der Waals surface area contributed by atoms with E-state index >= 15 is 0 Å². The number of ether oxygens (including phenoxy) is 10. The van der Waals surface area contributed by atoms with Crippen molar-refractivity contribution in [3.8, 4) is 0 Å². The third-order valence-corrected chi connectivity index (χ3v) is 25.8. The highest BCUT2D eigenvalue weighted by molar-refractivity contribution is 6.39. The molecule has 0 aromatic carbocycles. The topological polar surface area (TPSA) is 296 Å². The second kappa shape index (κ2) is 40.2. The first-order chi connectivity index (χ1) is 50.9. The van der Waals surface area contributed by atoms with Crippen LogP contribution in [0.5, 0.6) is 0 Å². The molecule has 2 aliphatic carbocycles. The minimum atomic E-state index is -2.48. The second-order valence-electron chi connectivity index (χ2n) is 34.4. The lowest BCUT2D eigenvalue weighted by atomic mass is 9.78. The normalized spacial score (nSPS) is 42.4. The number of ketones is 4. The summed E-state index contributed by atoms with van der Waals surface area (Å²) in [6.07, 6.45) is 12.1. The SMILES string of the molecule is COC1CC(/C=C(\C)C2OC(=O)C3CCCN3C(=O)C(=O)C3(O)OC(C(OC)CC(C)C/C(C)=C/C(C)C(=O)CC(C)C2C)C(OC)CC3C)CCC1C.COC1CC(/C=C(\C)C2OC(=O)C3CCCN3C(=O)C(=O)C3(O)OC(C(OC)CC(C)C/C(C)=C/C(C)C(=O)CC(O)C2C)C(OC)CC3C)CCC1C. The maximum Gasteiger partial charge on any atom is 0.329 e. The van der Waals surface area contributed by atoms with Crippen LogP contribution in [0.25, 0.3) is 0 Å². The Morgan fingerprint density at radius 3 is 1.18 bits per heavy atom. The Hall–Kier alpha value is -4.92. The number of hydrogen-bond donors (Lipinski definition) is 3. The molecule has 6 fully saturated rings. The van der Waals surface area contributed by atoms with Gasteiger partial charge in [0.25, 0.3) is 23.4 Å². The van der Waals surface area contributed by atoms with E-state index in [1.54, 1.807) is 49.2 Å². The Morgan fingerprint density at radius 2 is 0.806 bits per heavy atom. The molecule has 8 aliphatic rings. The molecule has 23 heteroatoms. The van der Waals surface area contributed by atoms with Crippen LogP contribution < -0.4 is 0 Å². The molecule has 4 saturated heterocycles. The number of allylic oxidation sites excluding steroid dienone is 6. The number of nitrogens with zero attached hydrogens (tertiary/aromatic N) is 2. The van der Waals surface area contributed by atoms with Crippen molar-refractivity contribution in [2.45, 2.75) is 310 Å². The molecule has 0 aromatic heterocycles. The van der Waals surface area contributed by atoms with Gasteiger partial charge in [-0.3, -0.25) is 28.8 Å². The fourth-order valence-electron chi connectivity index (χ4n) is 18.7. The molecule has 6 heterocycles. The molecule has 0 spiro atoms. The van der Waals surface area contributed by atoms with E-state index < -0.39 is 138 Å². The van der Waals surface area contributed by atoms with Gasteiger partial charge in [-0.25, -0.2) is 9.59 Å². The van der Waals surface area contributed by atoms with Crippen LogP contribution >= 0.6 is 0 Å². The van der Waals surface area contributed by atoms with Crippen LogP contribution in [0.1, 0.15) is 219 Å². The second-order valence-corrected chi connectivity index (χ2v) is 34.4. The van der Waals surface area contributed by atoms with Gasteiger partial charge >= 0.3 is 11.9 Å². The Morgan fingerprint density at radius 1 is 0.454 bits per heavy atom. The van der Waals surface area contributed by atoms with E-state index in [1.807, 2.05) is 67.5 Å². The molecule has 0 radical (unpaired) electrons. The minimum absolute atomic E-state index is 0.0506. The van der Waals surface area contributed by atoms with Gasteiger partial charge in [0, 0.05) is 104 Å². The van der Waals surface area contributed by atoms with E-state index in [1.165, 1.54) is 24.0 Å². The van der Waals surface area contributed by atoms with E-state index in [0.717, 1.165) is 60.8 Å². The summed E-state index contributed by atoms with van der Waals surface area (Å²) in [5, 5.41) is 35.4. The predicted octanol–water partition coefficient (Wildman–Crippen LogP) is 11.2. The van der Waals surface area contributed by atoms with Crippen LogP contribution in [-0.2, 0) is 85.7 Å². The van der Waals surface area contributed by atoms with Crippen LogP contribution in [0.4, 0.5) is 0 Å². The molecular weight excluding hydrogens is 1380 g/mol. The molecule has 23 nitrogen and oxygen atoms in total. The average molecular weight is 1520 g/mol. The summed E-state index contributed by atoms with van der Waals surface area (Å²) in [5.41, 5.74) is 3.71. The molecule has 2 amide bonds. The largest absolute Gasteiger partial charge is 0.456 e. The number of aliphatic hydroxyl groups is 3. The zero-order valence-corrected chi connectivity index (χ0v) is 69.0. The standard InChI is InChI=1S/C43H69NO10.C42H67NO11/c1-24-17-25(2)19-36(51-10)39-37(52-11)22-30(7)43(49,54-39)40(46)41(47)44-16-12-13-33(44)42(48)53-38(31(8)27(4)21-34(45)28(5)18-24)29(6)20-32-15-14-26(3)35(23-32)50-9;1-23-16-24(2)18-35(51-9)38-36(52-10)20-28(6)42(49,54-38)39(46)40(47)43-15-11-12-31(43)41(48)53-37(29(7)33(45)22-32(44)26(4)17-23)27(5)19-30-14-13-25(3)34(21-30)50-8/h18,20,25-28,30-33,35-39,49H,12-17,19,21-23H2,1-11H3;17,19,24-26,28-31,33-38,45,49H,11-16,18,20-22H2,1-10H3/b24-18+,29-20+;23-17+,27-19+. The zero-order chi connectivity index (χ0) is 80.1. The number of aliphatic hydroxyl groups excluding tert-OH is 1. The molecule has 4 bridgehead atoms. The van der Waals surface area contributed by atoms with Gasteiger partial charge in [0.1, 0.15) is 48.1 Å². The third-order valence-electron chi connectivity index (χ3n) is 25.8. The van der Waals surface area contributed by atoms with Crippen LogP contribution in [-0.4, -0.2) is 219 Å². The van der Waals surface area contributed by atoms with Gasteiger partial charge in [-0.1, -0.05) is 112 Å². The monoisotopic (exact) mass is 1520 g/mol. The summed E-state index contributed by atoms with van der Waals surface area (Å²) >= 11 is 0. The first-order valence-corrected chi connectivity index (χ1v) is 40.4. The van der Waals surface area contributed by atoms with E-state index in [4.69, 9.17) is 47.4 Å². The number of cyclic esters (lactones) is 2. The summed E-state index contributed by atoms with van der Waals surface area (Å²) in [4.78, 5) is 114. The highest BCUT2D eigenvalue weighted by atomic mass is 16.7. The number of Topliss-reactive ketones (excluding diaryl/α,β-unsaturated/α-hetero) is 4. The summed E-state index contributed by atoms with van der Waals surface area (Å²) in [6.45, 7) is 29.5. The molecule has 3 N–H and O–H groups in total. The number of esters is 2. The number of hydrogen-bond acceptors (Lipinski definition) is 21. The molecule has 28 atom stereocenters. The Bertz CT molecular complexity index is 3000. The van der Waals surface area contributed by atoms with Gasteiger partial charge in [-0.2, -0.15) is 0 Å². The smallest absolute Gasteiger partial charge is 0.329 e. The molecule has 0 aromatic rings. The molecule has 2 saturated carbocycles. The van der Waals surface area contributed by atoms with E-state index in [2.05, 4.69) is 39.8 Å². The molecule has 28 unspecified atom stereocenters. The fraction of sp³-hybridized carbons (Fsp3) is 0.812. The molecule has 612 valence electrons. The summed E-state index contributed by atoms with van der Waals surface area (Å²) in [7, 11) is 9.65. The fourth-order valence-corrected chi connectivity index (χ4v) is 18.7. The lowest BCUT2D eigenvalue weighted by molar-refractivity contribution is -0.302. The van der Waals surface area contributed by atoms with E-state index in [-0.39, 0.29) is 104 Å². The van der Waals surface area contributed by atoms with E-state index in [0.29, 0.717) is 63.2 Å². The predicted molar refractivity (Wildman–Crippen MR) is 407 cm³/mol. The van der Waals surface area contributed by atoms with Gasteiger partial charge < -0.3 is 72.5 Å². The Kier molecular flexibility index (Phi) is 33.6. The molecule has 8 rings (SSSR count). The van der Waals surface area contributed by atoms with Crippen molar-refractivity contribution < 1.29 is 101 Å². The van der Waals surface area contributed by atoms with Gasteiger partial charge in [-0.05, 0) is 183 Å². The quantitative estimate of drug-likeness (QED) is 0.104. The first-order valence-electron chi connectivity index (χ1n) is 40.4.